The Kier molecular flexibility index (Phi) is 2.86. The molecule has 0 unspecified atom stereocenters. The summed E-state index contributed by atoms with van der Waals surface area (Å²) in [5.41, 5.74) is 5.45. The minimum absolute atomic E-state index is 0.0430. The van der Waals surface area contributed by atoms with Crippen LogP contribution in [0, 0.1) is 5.92 Å². The Morgan fingerprint density at radius 2 is 2.33 bits per heavy atom. The Morgan fingerprint density at radius 1 is 1.60 bits per heavy atom. The molecule has 5 nitrogen and oxygen atoms in total. The van der Waals surface area contributed by atoms with Gasteiger partial charge >= 0.3 is 0 Å². The second-order valence-electron chi connectivity index (χ2n) is 3.73. The van der Waals surface area contributed by atoms with E-state index >= 15 is 0 Å². The SMILES string of the molecule is CCN(CC1CC1)C(=O)c1nnc(N)s1. The molecule has 0 saturated heterocycles. The maximum Gasteiger partial charge on any atom is 0.284 e. The van der Waals surface area contributed by atoms with Gasteiger partial charge in [0, 0.05) is 13.1 Å². The third-order valence-electron chi connectivity index (χ3n) is 2.47. The van der Waals surface area contributed by atoms with Crippen molar-refractivity contribution < 1.29 is 4.79 Å². The van der Waals surface area contributed by atoms with E-state index in [0.29, 0.717) is 16.1 Å². The summed E-state index contributed by atoms with van der Waals surface area (Å²) < 4.78 is 0. The molecule has 82 valence electrons. The lowest BCUT2D eigenvalue weighted by atomic mass is 10.3. The third kappa shape index (κ3) is 2.44. The molecule has 2 N–H and O–H groups in total. The average molecular weight is 226 g/mol. The van der Waals surface area contributed by atoms with Crippen LogP contribution in [-0.2, 0) is 0 Å². The smallest absolute Gasteiger partial charge is 0.284 e. The lowest BCUT2D eigenvalue weighted by Crippen LogP contribution is -2.32. The number of anilines is 1. The maximum atomic E-state index is 11.9. The lowest BCUT2D eigenvalue weighted by Gasteiger charge is -2.18. The highest BCUT2D eigenvalue weighted by Gasteiger charge is 2.27. The summed E-state index contributed by atoms with van der Waals surface area (Å²) in [5.74, 6) is 0.651. The topological polar surface area (TPSA) is 72.1 Å². The predicted octanol–water partition coefficient (Wildman–Crippen LogP) is 0.992. The van der Waals surface area contributed by atoms with Crippen molar-refractivity contribution in [3.05, 3.63) is 5.01 Å². The molecular formula is C9H14N4OS. The molecule has 1 aliphatic carbocycles. The summed E-state index contributed by atoms with van der Waals surface area (Å²) in [5, 5.41) is 8.16. The monoisotopic (exact) mass is 226 g/mol. The zero-order valence-electron chi connectivity index (χ0n) is 8.64. The Balaban J connectivity index is 2.03. The van der Waals surface area contributed by atoms with Crippen LogP contribution in [0.3, 0.4) is 0 Å². The van der Waals surface area contributed by atoms with Crippen LogP contribution < -0.4 is 5.73 Å². The standard InChI is InChI=1S/C9H14N4OS/c1-2-13(5-6-3-4-6)8(14)7-11-12-9(10)15-7/h6H,2-5H2,1H3,(H2,10,12). The fraction of sp³-hybridized carbons (Fsp3) is 0.667. The van der Waals surface area contributed by atoms with Crippen LogP contribution in [0.4, 0.5) is 5.13 Å². The molecule has 2 rings (SSSR count). The summed E-state index contributed by atoms with van der Waals surface area (Å²) in [7, 11) is 0. The van der Waals surface area contributed by atoms with E-state index in [1.54, 1.807) is 0 Å². The van der Waals surface area contributed by atoms with Crippen LogP contribution in [0.15, 0.2) is 0 Å². The Hall–Kier alpha value is -1.17. The van der Waals surface area contributed by atoms with Crippen molar-refractivity contribution in [2.45, 2.75) is 19.8 Å². The van der Waals surface area contributed by atoms with E-state index in [1.807, 2.05) is 11.8 Å². The molecule has 0 bridgehead atoms. The largest absolute Gasteiger partial charge is 0.374 e. The predicted molar refractivity (Wildman–Crippen MR) is 58.6 cm³/mol. The first-order valence-electron chi connectivity index (χ1n) is 5.09. The van der Waals surface area contributed by atoms with Gasteiger partial charge in [-0.1, -0.05) is 11.3 Å². The van der Waals surface area contributed by atoms with Crippen LogP contribution in [-0.4, -0.2) is 34.1 Å². The zero-order valence-corrected chi connectivity index (χ0v) is 9.46. The van der Waals surface area contributed by atoms with Gasteiger partial charge in [0.15, 0.2) is 0 Å². The number of carbonyl (C=O) groups excluding carboxylic acids is 1. The number of nitrogen functional groups attached to an aromatic ring is 1. The van der Waals surface area contributed by atoms with Gasteiger partial charge < -0.3 is 10.6 Å². The molecule has 0 atom stereocenters. The summed E-state index contributed by atoms with van der Waals surface area (Å²) in [4.78, 5) is 13.7. The minimum atomic E-state index is -0.0430. The van der Waals surface area contributed by atoms with Crippen LogP contribution >= 0.6 is 11.3 Å². The number of hydrogen-bond donors (Lipinski definition) is 1. The molecule has 1 amide bonds. The van der Waals surface area contributed by atoms with Gasteiger partial charge in [-0.3, -0.25) is 4.79 Å². The highest BCUT2D eigenvalue weighted by Crippen LogP contribution is 2.30. The van der Waals surface area contributed by atoms with E-state index in [9.17, 15) is 4.79 Å². The number of rotatable bonds is 4. The highest BCUT2D eigenvalue weighted by atomic mass is 32.1. The third-order valence-corrected chi connectivity index (χ3v) is 3.21. The number of hydrogen-bond acceptors (Lipinski definition) is 5. The van der Waals surface area contributed by atoms with Gasteiger partial charge in [-0.25, -0.2) is 0 Å². The van der Waals surface area contributed by atoms with Gasteiger partial charge in [-0.2, -0.15) is 0 Å². The summed E-state index contributed by atoms with van der Waals surface area (Å²) >= 11 is 1.15. The molecule has 0 spiro atoms. The first kappa shape index (κ1) is 10.4. The highest BCUT2D eigenvalue weighted by molar-refractivity contribution is 7.16. The summed E-state index contributed by atoms with van der Waals surface area (Å²) in [6.45, 7) is 3.54. The van der Waals surface area contributed by atoms with Crippen LogP contribution in [0.25, 0.3) is 0 Å². The fourth-order valence-corrected chi connectivity index (χ4v) is 2.00. The van der Waals surface area contributed by atoms with Gasteiger partial charge in [-0.05, 0) is 25.7 Å². The van der Waals surface area contributed by atoms with Crippen molar-refractivity contribution in [3.63, 3.8) is 0 Å². The molecule has 1 aromatic rings. The van der Waals surface area contributed by atoms with Crippen LogP contribution in [0.2, 0.25) is 0 Å². The number of nitrogens with two attached hydrogens (primary N) is 1. The van der Waals surface area contributed by atoms with Crippen molar-refractivity contribution >= 4 is 22.4 Å². The van der Waals surface area contributed by atoms with E-state index in [1.165, 1.54) is 12.8 Å². The second kappa shape index (κ2) is 4.14. The molecular weight excluding hydrogens is 212 g/mol. The lowest BCUT2D eigenvalue weighted by molar-refractivity contribution is 0.0755. The van der Waals surface area contributed by atoms with Gasteiger partial charge in [-0.15, -0.1) is 10.2 Å². The Labute approximate surface area is 92.3 Å². The van der Waals surface area contributed by atoms with Crippen LogP contribution in [0.5, 0.6) is 0 Å². The van der Waals surface area contributed by atoms with Crippen molar-refractivity contribution in [1.29, 1.82) is 0 Å². The summed E-state index contributed by atoms with van der Waals surface area (Å²) in [6, 6.07) is 0. The van der Waals surface area contributed by atoms with E-state index in [2.05, 4.69) is 10.2 Å². The maximum absolute atomic E-state index is 11.9. The zero-order chi connectivity index (χ0) is 10.8. The normalized spacial score (nSPS) is 15.3. The molecule has 0 aromatic carbocycles. The number of amides is 1. The quantitative estimate of drug-likeness (QED) is 0.831. The second-order valence-corrected chi connectivity index (χ2v) is 4.74. The fourth-order valence-electron chi connectivity index (χ4n) is 1.42. The van der Waals surface area contributed by atoms with Gasteiger partial charge in [0.25, 0.3) is 5.91 Å². The number of carbonyl (C=O) groups is 1. The van der Waals surface area contributed by atoms with Crippen molar-refractivity contribution in [2.75, 3.05) is 18.8 Å². The van der Waals surface area contributed by atoms with E-state index < -0.39 is 0 Å². The van der Waals surface area contributed by atoms with Crippen molar-refractivity contribution in [2.24, 2.45) is 5.92 Å². The van der Waals surface area contributed by atoms with Crippen molar-refractivity contribution in [1.82, 2.24) is 15.1 Å². The van der Waals surface area contributed by atoms with E-state index in [0.717, 1.165) is 24.4 Å². The molecule has 6 heteroatoms. The molecule has 1 aromatic heterocycles. The van der Waals surface area contributed by atoms with Gasteiger partial charge in [0.05, 0.1) is 0 Å². The number of aromatic nitrogens is 2. The Bertz CT molecular complexity index is 361. The molecule has 15 heavy (non-hydrogen) atoms. The molecule has 0 radical (unpaired) electrons. The van der Waals surface area contributed by atoms with Gasteiger partial charge in [0.1, 0.15) is 0 Å². The average Bonchev–Trinajstić information content (AvgIpc) is 2.95. The molecule has 1 fully saturated rings. The first-order chi connectivity index (χ1) is 7.20. The summed E-state index contributed by atoms with van der Waals surface area (Å²) in [6.07, 6.45) is 2.48. The first-order valence-corrected chi connectivity index (χ1v) is 5.90. The molecule has 1 heterocycles. The molecule has 1 aliphatic rings. The van der Waals surface area contributed by atoms with Crippen molar-refractivity contribution in [3.8, 4) is 0 Å². The Morgan fingerprint density at radius 3 is 2.80 bits per heavy atom. The van der Waals surface area contributed by atoms with Gasteiger partial charge in [0.2, 0.25) is 10.1 Å². The molecule has 1 saturated carbocycles. The minimum Gasteiger partial charge on any atom is -0.374 e. The van der Waals surface area contributed by atoms with E-state index in [-0.39, 0.29) is 5.91 Å². The molecule has 0 aliphatic heterocycles. The van der Waals surface area contributed by atoms with E-state index in [4.69, 9.17) is 5.73 Å². The number of nitrogens with zero attached hydrogens (tertiary/aromatic N) is 3. The van der Waals surface area contributed by atoms with Crippen LogP contribution in [0.1, 0.15) is 29.6 Å².